The van der Waals surface area contributed by atoms with E-state index in [9.17, 15) is 42.0 Å². The van der Waals surface area contributed by atoms with Gasteiger partial charge in [0.2, 0.25) is 11.6 Å². The Labute approximate surface area is 220 Å². The molecular formula is C22H10BrF5INO4S. The number of halogens is 7. The molecule has 0 spiro atoms. The number of phenols is 1. The predicted octanol–water partition coefficient (Wildman–Crippen LogP) is 7.68. The number of nitrogens with zero attached hydrogens (tertiary/aromatic N) is 1. The molecule has 0 saturated heterocycles. The minimum atomic E-state index is -2.41. The van der Waals surface area contributed by atoms with E-state index in [0.717, 1.165) is 28.4 Å². The van der Waals surface area contributed by atoms with E-state index in [4.69, 9.17) is 0 Å². The molecule has 1 N–H and O–H groups in total. The van der Waals surface area contributed by atoms with E-state index >= 15 is 0 Å². The topological polar surface area (TPSA) is 80.4 Å². The number of ketones is 1. The van der Waals surface area contributed by atoms with Gasteiger partial charge in [-0.1, -0.05) is 28.1 Å². The number of Topliss-reactive ketones (excluding diaryl/α,β-unsaturated/α-hetero) is 1. The molecule has 0 saturated carbocycles. The van der Waals surface area contributed by atoms with E-state index < -0.39 is 61.7 Å². The molecule has 0 heterocycles. The third-order valence-electron chi connectivity index (χ3n) is 4.56. The number of rotatable bonds is 7. The van der Waals surface area contributed by atoms with Gasteiger partial charge in [-0.25, -0.2) is 22.0 Å². The van der Waals surface area contributed by atoms with Crippen LogP contribution in [0.2, 0.25) is 0 Å². The summed E-state index contributed by atoms with van der Waals surface area (Å²) in [6.07, 6.45) is 0. The Morgan fingerprint density at radius 2 is 1.51 bits per heavy atom. The molecule has 5 nitrogen and oxygen atoms in total. The van der Waals surface area contributed by atoms with Crippen LogP contribution in [0.3, 0.4) is 0 Å². The Morgan fingerprint density at radius 1 is 0.971 bits per heavy atom. The number of phenolic OH excluding ortho intramolecular Hbond substituents is 1. The number of aromatic hydroxyl groups is 1. The molecular weight excluding hydrogens is 676 g/mol. The van der Waals surface area contributed by atoms with Crippen LogP contribution in [-0.2, 0) is 5.75 Å². The second kappa shape index (κ2) is 11.0. The third kappa shape index (κ3) is 5.67. The largest absolute Gasteiger partial charge is 0.502 e. The normalized spacial score (nSPS) is 11.9. The number of nitro benzene ring substituents is 1. The van der Waals surface area contributed by atoms with Crippen LogP contribution in [0.5, 0.6) is 5.75 Å². The lowest BCUT2D eigenvalue weighted by molar-refractivity contribution is -0.385. The van der Waals surface area contributed by atoms with Crippen molar-refractivity contribution in [3.8, 4) is 5.75 Å². The van der Waals surface area contributed by atoms with Crippen LogP contribution in [-0.4, -0.2) is 15.8 Å². The summed E-state index contributed by atoms with van der Waals surface area (Å²) in [5.41, 5.74) is -1.70. The SMILES string of the molecule is O=C(C(SCc1ccc(Br)cc1)=C(I)c1ccc(O)c([N+](=O)[O-])c1)c1c(F)c(F)c(F)c(F)c1F. The lowest BCUT2D eigenvalue weighted by Gasteiger charge is -2.13. The van der Waals surface area contributed by atoms with E-state index in [1.165, 1.54) is 6.07 Å². The van der Waals surface area contributed by atoms with Gasteiger partial charge in [0.25, 0.3) is 0 Å². The van der Waals surface area contributed by atoms with Gasteiger partial charge in [0.1, 0.15) is 5.56 Å². The van der Waals surface area contributed by atoms with Crippen molar-refractivity contribution in [1.82, 2.24) is 0 Å². The summed E-state index contributed by atoms with van der Waals surface area (Å²) in [5.74, 6) is -13.7. The summed E-state index contributed by atoms with van der Waals surface area (Å²) in [6, 6.07) is 9.84. The zero-order chi connectivity index (χ0) is 26.0. The second-order valence-corrected chi connectivity index (χ2v) is 9.77. The maximum Gasteiger partial charge on any atom is 0.311 e. The molecule has 13 heteroatoms. The molecule has 0 aliphatic rings. The van der Waals surface area contributed by atoms with Crippen molar-refractivity contribution in [1.29, 1.82) is 0 Å². The standard InChI is InChI=1S/C22H10BrF5INO4S/c23-11-4-1-9(2-5-11)8-35-22(20(29)10-3-6-13(31)12(7-10)30(33)34)21(32)14-15(24)17(26)19(28)18(27)16(14)25/h1-7,31H,8H2. The number of thioether (sulfide) groups is 1. The lowest BCUT2D eigenvalue weighted by Crippen LogP contribution is -2.14. The van der Waals surface area contributed by atoms with Crippen molar-refractivity contribution in [3.63, 3.8) is 0 Å². The summed E-state index contributed by atoms with van der Waals surface area (Å²) < 4.78 is 70.6. The van der Waals surface area contributed by atoms with Crippen molar-refractivity contribution in [2.45, 2.75) is 5.75 Å². The highest BCUT2D eigenvalue weighted by atomic mass is 127. The van der Waals surface area contributed by atoms with Crippen LogP contribution in [0.25, 0.3) is 3.58 Å². The third-order valence-corrected chi connectivity index (χ3v) is 7.78. The van der Waals surface area contributed by atoms with Crippen molar-refractivity contribution < 1.29 is 36.8 Å². The van der Waals surface area contributed by atoms with Gasteiger partial charge in [-0.3, -0.25) is 14.9 Å². The van der Waals surface area contributed by atoms with Crippen LogP contribution in [0.4, 0.5) is 27.6 Å². The van der Waals surface area contributed by atoms with Crippen LogP contribution in [0.1, 0.15) is 21.5 Å². The molecule has 3 aromatic carbocycles. The highest BCUT2D eigenvalue weighted by Crippen LogP contribution is 2.40. The fourth-order valence-corrected chi connectivity index (χ4v) is 5.11. The summed E-state index contributed by atoms with van der Waals surface area (Å²) in [4.78, 5) is 23.1. The average molecular weight is 686 g/mol. The first-order valence-electron chi connectivity index (χ1n) is 9.25. The van der Waals surface area contributed by atoms with E-state index in [2.05, 4.69) is 15.9 Å². The molecule has 0 atom stereocenters. The van der Waals surface area contributed by atoms with Gasteiger partial charge in [-0.2, -0.15) is 0 Å². The molecule has 0 radical (unpaired) electrons. The molecule has 0 unspecified atom stereocenters. The number of allylic oxidation sites excluding steroid dienone is 1. The van der Waals surface area contributed by atoms with E-state index in [0.29, 0.717) is 5.56 Å². The minimum absolute atomic E-state index is 0.00521. The van der Waals surface area contributed by atoms with Gasteiger partial charge in [-0.05, 0) is 58.0 Å². The minimum Gasteiger partial charge on any atom is -0.502 e. The van der Waals surface area contributed by atoms with Crippen LogP contribution < -0.4 is 0 Å². The molecule has 0 bridgehead atoms. The fourth-order valence-electron chi connectivity index (χ4n) is 2.82. The van der Waals surface area contributed by atoms with Crippen molar-refractivity contribution in [2.75, 3.05) is 0 Å². The van der Waals surface area contributed by atoms with Gasteiger partial charge in [0.05, 0.1) is 9.83 Å². The predicted molar refractivity (Wildman–Crippen MR) is 132 cm³/mol. The Bertz CT molecular complexity index is 1360. The number of benzene rings is 3. The summed E-state index contributed by atoms with van der Waals surface area (Å²) in [6.45, 7) is 0. The molecule has 3 aromatic rings. The zero-order valence-electron chi connectivity index (χ0n) is 16.9. The summed E-state index contributed by atoms with van der Waals surface area (Å²) in [5, 5.41) is 20.9. The van der Waals surface area contributed by atoms with Gasteiger partial charge < -0.3 is 5.11 Å². The maximum atomic E-state index is 14.4. The molecule has 0 aliphatic heterocycles. The van der Waals surface area contributed by atoms with E-state index in [1.807, 2.05) is 0 Å². The van der Waals surface area contributed by atoms with Crippen molar-refractivity contribution in [3.05, 3.63) is 108 Å². The highest BCUT2D eigenvalue weighted by Gasteiger charge is 2.32. The first kappa shape index (κ1) is 27.1. The quantitative estimate of drug-likeness (QED) is 0.0404. The van der Waals surface area contributed by atoms with Crippen molar-refractivity contribution in [2.24, 2.45) is 0 Å². The molecule has 182 valence electrons. The zero-order valence-corrected chi connectivity index (χ0v) is 21.5. The Balaban J connectivity index is 2.19. The van der Waals surface area contributed by atoms with Gasteiger partial charge in [0.15, 0.2) is 29.0 Å². The van der Waals surface area contributed by atoms with Crippen LogP contribution in [0.15, 0.2) is 51.8 Å². The van der Waals surface area contributed by atoms with Gasteiger partial charge >= 0.3 is 5.69 Å². The lowest BCUT2D eigenvalue weighted by atomic mass is 10.1. The molecule has 0 aromatic heterocycles. The number of nitro groups is 1. The first-order valence-corrected chi connectivity index (χ1v) is 12.1. The highest BCUT2D eigenvalue weighted by molar-refractivity contribution is 14.1. The second-order valence-electron chi connectivity index (χ2n) is 6.79. The smallest absolute Gasteiger partial charge is 0.311 e. The van der Waals surface area contributed by atoms with Crippen LogP contribution in [0, 0.1) is 39.2 Å². The molecule has 35 heavy (non-hydrogen) atoms. The molecule has 0 fully saturated rings. The van der Waals surface area contributed by atoms with Gasteiger partial charge in [-0.15, -0.1) is 11.8 Å². The maximum absolute atomic E-state index is 14.4. The van der Waals surface area contributed by atoms with E-state index in [-0.39, 0.29) is 14.9 Å². The Hall–Kier alpha value is -2.52. The fraction of sp³-hybridized carbons (Fsp3) is 0.0455. The van der Waals surface area contributed by atoms with Crippen molar-refractivity contribution >= 4 is 65.3 Å². The van der Waals surface area contributed by atoms with E-state index in [1.54, 1.807) is 46.9 Å². The Kier molecular flexibility index (Phi) is 8.54. The number of hydrogen-bond donors (Lipinski definition) is 1. The Morgan fingerprint density at radius 3 is 2.06 bits per heavy atom. The first-order chi connectivity index (χ1) is 16.4. The van der Waals surface area contributed by atoms with Crippen LogP contribution >= 0.6 is 50.3 Å². The number of hydrogen-bond acceptors (Lipinski definition) is 5. The van der Waals surface area contributed by atoms with Gasteiger partial charge in [0, 0.05) is 19.9 Å². The summed E-state index contributed by atoms with van der Waals surface area (Å²) >= 11 is 5.58. The number of carbonyl (C=O) groups excluding carboxylic acids is 1. The monoisotopic (exact) mass is 685 g/mol. The average Bonchev–Trinajstić information content (AvgIpc) is 2.82. The molecule has 3 rings (SSSR count). The molecule has 0 amide bonds. The summed E-state index contributed by atoms with van der Waals surface area (Å²) in [7, 11) is 0. The molecule has 0 aliphatic carbocycles. The number of carbonyl (C=O) groups is 1.